The summed E-state index contributed by atoms with van der Waals surface area (Å²) < 4.78 is 5.22. The second-order valence-electron chi connectivity index (χ2n) is 4.48. The van der Waals surface area contributed by atoms with Crippen LogP contribution < -0.4 is 10.6 Å². The summed E-state index contributed by atoms with van der Waals surface area (Å²) in [5.74, 6) is 0.108. The Morgan fingerprint density at radius 1 is 1.50 bits per heavy atom. The van der Waals surface area contributed by atoms with E-state index in [1.54, 1.807) is 7.11 Å². The van der Waals surface area contributed by atoms with Gasteiger partial charge in [-0.25, -0.2) is 0 Å². The highest BCUT2D eigenvalue weighted by molar-refractivity contribution is 6.01. The number of aryl methyl sites for hydroxylation is 1. The third kappa shape index (κ3) is 3.01. The van der Waals surface area contributed by atoms with Crippen molar-refractivity contribution in [1.82, 2.24) is 0 Å². The quantitative estimate of drug-likeness (QED) is 0.600. The Bertz CT molecular complexity index is 418. The van der Waals surface area contributed by atoms with Gasteiger partial charge in [-0.2, -0.15) is 0 Å². The number of nitrogen functional groups attached to an aromatic ring is 1. The van der Waals surface area contributed by atoms with Crippen molar-refractivity contribution in [2.24, 2.45) is 5.73 Å². The molecule has 0 aliphatic carbocycles. The van der Waals surface area contributed by atoms with Gasteiger partial charge in [0.1, 0.15) is 5.84 Å². The SMILES string of the molecule is CCN(c1c(C)cccc1C(=N)N)C(C)COC. The third-order valence-electron chi connectivity index (χ3n) is 3.10. The number of likely N-dealkylation sites (N-methyl/N-ethyl adjacent to an activating group) is 1. The van der Waals surface area contributed by atoms with Crippen molar-refractivity contribution in [1.29, 1.82) is 5.41 Å². The number of hydrogen-bond acceptors (Lipinski definition) is 3. The number of methoxy groups -OCH3 is 1. The highest BCUT2D eigenvalue weighted by Crippen LogP contribution is 2.26. The number of hydrogen-bond donors (Lipinski definition) is 2. The summed E-state index contributed by atoms with van der Waals surface area (Å²) in [6.07, 6.45) is 0. The fraction of sp³-hybridized carbons (Fsp3) is 0.500. The molecule has 0 radical (unpaired) electrons. The number of benzene rings is 1. The van der Waals surface area contributed by atoms with Crippen molar-refractivity contribution in [2.45, 2.75) is 26.8 Å². The van der Waals surface area contributed by atoms with Crippen LogP contribution in [0, 0.1) is 12.3 Å². The Kier molecular flexibility index (Phi) is 5.16. The van der Waals surface area contributed by atoms with Crippen LogP contribution in [-0.4, -0.2) is 32.1 Å². The van der Waals surface area contributed by atoms with Crippen LogP contribution in [0.1, 0.15) is 25.0 Å². The van der Waals surface area contributed by atoms with Crippen LogP contribution in [0.25, 0.3) is 0 Å². The molecule has 100 valence electrons. The molecule has 0 saturated heterocycles. The van der Waals surface area contributed by atoms with E-state index in [1.165, 1.54) is 0 Å². The van der Waals surface area contributed by atoms with E-state index in [4.69, 9.17) is 15.9 Å². The minimum atomic E-state index is 0.108. The summed E-state index contributed by atoms with van der Waals surface area (Å²) in [6.45, 7) is 7.77. The average Bonchev–Trinajstić information content (AvgIpc) is 2.32. The Balaban J connectivity index is 3.23. The van der Waals surface area contributed by atoms with Crippen molar-refractivity contribution in [2.75, 3.05) is 25.2 Å². The van der Waals surface area contributed by atoms with Gasteiger partial charge in [0.25, 0.3) is 0 Å². The van der Waals surface area contributed by atoms with E-state index in [1.807, 2.05) is 25.1 Å². The number of rotatable bonds is 6. The van der Waals surface area contributed by atoms with E-state index >= 15 is 0 Å². The Hall–Kier alpha value is -1.55. The first-order valence-corrected chi connectivity index (χ1v) is 6.22. The maximum atomic E-state index is 7.70. The predicted molar refractivity (Wildman–Crippen MR) is 76.6 cm³/mol. The van der Waals surface area contributed by atoms with E-state index in [2.05, 4.69) is 18.7 Å². The molecule has 1 aromatic rings. The lowest BCUT2D eigenvalue weighted by Crippen LogP contribution is -2.38. The van der Waals surface area contributed by atoms with E-state index in [0.29, 0.717) is 6.61 Å². The number of nitrogens with two attached hydrogens (primary N) is 1. The molecule has 0 amide bonds. The predicted octanol–water partition coefficient (Wildman–Crippen LogP) is 2.14. The molecule has 1 rings (SSSR count). The van der Waals surface area contributed by atoms with Crippen molar-refractivity contribution in [3.63, 3.8) is 0 Å². The zero-order chi connectivity index (χ0) is 13.7. The first-order chi connectivity index (χ1) is 8.52. The van der Waals surface area contributed by atoms with E-state index in [9.17, 15) is 0 Å². The highest BCUT2D eigenvalue weighted by atomic mass is 16.5. The number of ether oxygens (including phenoxy) is 1. The van der Waals surface area contributed by atoms with Crippen molar-refractivity contribution >= 4 is 11.5 Å². The Morgan fingerprint density at radius 3 is 2.67 bits per heavy atom. The molecule has 0 aliphatic heterocycles. The molecular formula is C14H23N3O. The van der Waals surface area contributed by atoms with Crippen LogP contribution in [-0.2, 0) is 4.74 Å². The minimum absolute atomic E-state index is 0.108. The summed E-state index contributed by atoms with van der Waals surface area (Å²) in [5, 5.41) is 7.70. The molecule has 0 fully saturated rings. The second kappa shape index (κ2) is 6.40. The lowest BCUT2D eigenvalue weighted by Gasteiger charge is -2.32. The summed E-state index contributed by atoms with van der Waals surface area (Å²) in [4.78, 5) is 2.23. The molecule has 0 heterocycles. The topological polar surface area (TPSA) is 62.3 Å². The van der Waals surface area contributed by atoms with Gasteiger partial charge in [0.15, 0.2) is 0 Å². The van der Waals surface area contributed by atoms with Crippen LogP contribution in [0.15, 0.2) is 18.2 Å². The normalized spacial score (nSPS) is 12.2. The monoisotopic (exact) mass is 249 g/mol. The van der Waals surface area contributed by atoms with Crippen LogP contribution in [0.4, 0.5) is 5.69 Å². The molecule has 1 unspecified atom stereocenters. The van der Waals surface area contributed by atoms with Crippen molar-refractivity contribution < 1.29 is 4.74 Å². The van der Waals surface area contributed by atoms with Crippen LogP contribution in [0.2, 0.25) is 0 Å². The zero-order valence-corrected chi connectivity index (χ0v) is 11.7. The summed E-state index contributed by atoms with van der Waals surface area (Å²) in [5.41, 5.74) is 8.64. The molecule has 4 heteroatoms. The first-order valence-electron chi connectivity index (χ1n) is 6.22. The number of nitrogens with zero attached hydrogens (tertiary/aromatic N) is 1. The lowest BCUT2D eigenvalue weighted by atomic mass is 10.0. The van der Waals surface area contributed by atoms with Crippen LogP contribution in [0.5, 0.6) is 0 Å². The molecule has 3 N–H and O–H groups in total. The van der Waals surface area contributed by atoms with Gasteiger partial charge in [0, 0.05) is 25.3 Å². The maximum Gasteiger partial charge on any atom is 0.124 e. The molecule has 18 heavy (non-hydrogen) atoms. The average molecular weight is 249 g/mol. The molecule has 0 saturated carbocycles. The molecule has 0 aromatic heterocycles. The zero-order valence-electron chi connectivity index (χ0n) is 11.7. The molecule has 1 atom stereocenters. The lowest BCUT2D eigenvalue weighted by molar-refractivity contribution is 0.182. The minimum Gasteiger partial charge on any atom is -0.384 e. The number of para-hydroxylation sites is 1. The maximum absolute atomic E-state index is 7.70. The molecule has 0 bridgehead atoms. The van der Waals surface area contributed by atoms with Gasteiger partial charge < -0.3 is 15.4 Å². The van der Waals surface area contributed by atoms with Gasteiger partial charge in [-0.15, -0.1) is 0 Å². The molecule has 1 aromatic carbocycles. The van der Waals surface area contributed by atoms with Gasteiger partial charge in [-0.3, -0.25) is 5.41 Å². The second-order valence-corrected chi connectivity index (χ2v) is 4.48. The number of nitrogens with one attached hydrogen (secondary N) is 1. The summed E-state index contributed by atoms with van der Waals surface area (Å²) >= 11 is 0. The highest BCUT2D eigenvalue weighted by Gasteiger charge is 2.18. The Morgan fingerprint density at radius 2 is 2.17 bits per heavy atom. The fourth-order valence-electron chi connectivity index (χ4n) is 2.28. The smallest absolute Gasteiger partial charge is 0.124 e. The van der Waals surface area contributed by atoms with Crippen LogP contribution in [0.3, 0.4) is 0 Å². The van der Waals surface area contributed by atoms with Gasteiger partial charge in [-0.1, -0.05) is 12.1 Å². The molecule has 0 spiro atoms. The van der Waals surface area contributed by atoms with E-state index in [0.717, 1.165) is 23.4 Å². The van der Waals surface area contributed by atoms with Crippen LogP contribution >= 0.6 is 0 Å². The standard InChI is InChI=1S/C14H23N3O/c1-5-17(11(3)9-18-4)13-10(2)7-6-8-12(13)14(15)16/h6-8,11H,5,9H2,1-4H3,(H3,15,16). The largest absolute Gasteiger partial charge is 0.384 e. The molecule has 0 aliphatic rings. The number of anilines is 1. The van der Waals surface area contributed by atoms with Gasteiger partial charge in [-0.05, 0) is 32.4 Å². The van der Waals surface area contributed by atoms with Crippen molar-refractivity contribution in [3.8, 4) is 0 Å². The van der Waals surface area contributed by atoms with Crippen molar-refractivity contribution in [3.05, 3.63) is 29.3 Å². The van der Waals surface area contributed by atoms with Gasteiger partial charge in [0.05, 0.1) is 12.3 Å². The Labute approximate surface area is 109 Å². The third-order valence-corrected chi connectivity index (χ3v) is 3.10. The summed E-state index contributed by atoms with van der Waals surface area (Å²) in [6, 6.07) is 6.13. The van der Waals surface area contributed by atoms with E-state index in [-0.39, 0.29) is 11.9 Å². The fourth-order valence-corrected chi connectivity index (χ4v) is 2.28. The van der Waals surface area contributed by atoms with E-state index < -0.39 is 0 Å². The molecule has 4 nitrogen and oxygen atoms in total. The molecular weight excluding hydrogens is 226 g/mol. The first kappa shape index (κ1) is 14.5. The van der Waals surface area contributed by atoms with Gasteiger partial charge >= 0.3 is 0 Å². The number of amidine groups is 1. The van der Waals surface area contributed by atoms with Gasteiger partial charge in [0.2, 0.25) is 0 Å². The summed E-state index contributed by atoms with van der Waals surface area (Å²) in [7, 11) is 1.70.